The second-order valence-corrected chi connectivity index (χ2v) is 3.61. The van der Waals surface area contributed by atoms with Crippen LogP contribution < -0.4 is 15.2 Å². The van der Waals surface area contributed by atoms with Crippen LogP contribution in [0, 0.1) is 0 Å². The van der Waals surface area contributed by atoms with Crippen molar-refractivity contribution < 1.29 is 14.2 Å². The van der Waals surface area contributed by atoms with Crippen molar-refractivity contribution in [3.05, 3.63) is 18.2 Å². The first-order valence-corrected chi connectivity index (χ1v) is 5.26. The quantitative estimate of drug-likeness (QED) is 0.753. The Morgan fingerprint density at radius 1 is 1.31 bits per heavy atom. The second kappa shape index (κ2) is 6.23. The summed E-state index contributed by atoms with van der Waals surface area (Å²) in [6, 6.07) is 5.41. The Hall–Kier alpha value is -1.42. The zero-order valence-electron chi connectivity index (χ0n) is 10.0. The van der Waals surface area contributed by atoms with Gasteiger partial charge in [0.2, 0.25) is 0 Å². The molecule has 0 aliphatic carbocycles. The average Bonchev–Trinajstić information content (AvgIpc) is 2.26. The number of ether oxygens (including phenoxy) is 3. The van der Waals surface area contributed by atoms with Crippen LogP contribution in [-0.2, 0) is 4.74 Å². The zero-order valence-corrected chi connectivity index (χ0v) is 10.0. The van der Waals surface area contributed by atoms with Gasteiger partial charge in [0.25, 0.3) is 0 Å². The standard InChI is InChI=1S/C12H19NO3/c1-9(6-7-14-2)16-10-4-5-12(15-3)11(13)8-10/h4-5,8-9H,6-7,13H2,1-3H3. The van der Waals surface area contributed by atoms with E-state index in [0.717, 1.165) is 12.2 Å². The smallest absolute Gasteiger partial charge is 0.142 e. The summed E-state index contributed by atoms with van der Waals surface area (Å²) in [4.78, 5) is 0. The van der Waals surface area contributed by atoms with Gasteiger partial charge in [-0.1, -0.05) is 0 Å². The third-order valence-electron chi connectivity index (χ3n) is 2.27. The van der Waals surface area contributed by atoms with Gasteiger partial charge >= 0.3 is 0 Å². The SMILES string of the molecule is COCCC(C)Oc1ccc(OC)c(N)c1. The second-order valence-electron chi connectivity index (χ2n) is 3.61. The number of methoxy groups -OCH3 is 2. The molecule has 1 unspecified atom stereocenters. The van der Waals surface area contributed by atoms with Crippen LogP contribution in [-0.4, -0.2) is 26.9 Å². The van der Waals surface area contributed by atoms with Gasteiger partial charge in [0, 0.05) is 26.2 Å². The van der Waals surface area contributed by atoms with Crippen molar-refractivity contribution in [2.75, 3.05) is 26.6 Å². The first-order chi connectivity index (χ1) is 7.67. The highest BCUT2D eigenvalue weighted by Crippen LogP contribution is 2.26. The molecule has 4 nitrogen and oxygen atoms in total. The number of rotatable bonds is 6. The lowest BCUT2D eigenvalue weighted by Gasteiger charge is -2.15. The maximum absolute atomic E-state index is 5.78. The van der Waals surface area contributed by atoms with Crippen molar-refractivity contribution >= 4 is 5.69 Å². The summed E-state index contributed by atoms with van der Waals surface area (Å²) < 4.78 is 15.7. The van der Waals surface area contributed by atoms with Gasteiger partial charge in [-0.15, -0.1) is 0 Å². The molecule has 0 heterocycles. The highest BCUT2D eigenvalue weighted by atomic mass is 16.5. The molecule has 2 N–H and O–H groups in total. The fraction of sp³-hybridized carbons (Fsp3) is 0.500. The Morgan fingerprint density at radius 2 is 2.06 bits per heavy atom. The summed E-state index contributed by atoms with van der Waals surface area (Å²) in [6.07, 6.45) is 0.954. The average molecular weight is 225 g/mol. The van der Waals surface area contributed by atoms with E-state index in [1.165, 1.54) is 0 Å². The van der Waals surface area contributed by atoms with Gasteiger partial charge in [-0.3, -0.25) is 0 Å². The van der Waals surface area contributed by atoms with E-state index in [2.05, 4.69) is 0 Å². The summed E-state index contributed by atoms with van der Waals surface area (Å²) in [7, 11) is 3.27. The summed E-state index contributed by atoms with van der Waals surface area (Å²) in [6.45, 7) is 2.69. The van der Waals surface area contributed by atoms with Crippen molar-refractivity contribution in [3.8, 4) is 11.5 Å². The summed E-state index contributed by atoms with van der Waals surface area (Å²) in [5.74, 6) is 1.42. The van der Waals surface area contributed by atoms with E-state index in [0.29, 0.717) is 18.0 Å². The van der Waals surface area contributed by atoms with Gasteiger partial charge in [-0.25, -0.2) is 0 Å². The number of hydrogen-bond donors (Lipinski definition) is 1. The van der Waals surface area contributed by atoms with Crippen LogP contribution in [0.15, 0.2) is 18.2 Å². The van der Waals surface area contributed by atoms with Crippen LogP contribution in [0.25, 0.3) is 0 Å². The Kier molecular flexibility index (Phi) is 4.92. The van der Waals surface area contributed by atoms with Crippen LogP contribution in [0.3, 0.4) is 0 Å². The van der Waals surface area contributed by atoms with Gasteiger partial charge < -0.3 is 19.9 Å². The lowest BCUT2D eigenvalue weighted by Crippen LogP contribution is -2.14. The normalized spacial score (nSPS) is 12.2. The first-order valence-electron chi connectivity index (χ1n) is 5.26. The Labute approximate surface area is 96.3 Å². The van der Waals surface area contributed by atoms with Crippen molar-refractivity contribution in [2.45, 2.75) is 19.4 Å². The molecular formula is C12H19NO3. The van der Waals surface area contributed by atoms with E-state index in [1.54, 1.807) is 26.4 Å². The van der Waals surface area contributed by atoms with Crippen LogP contribution >= 0.6 is 0 Å². The molecule has 0 aliphatic heterocycles. The fourth-order valence-corrected chi connectivity index (χ4v) is 1.36. The van der Waals surface area contributed by atoms with Crippen LogP contribution in [0.4, 0.5) is 5.69 Å². The van der Waals surface area contributed by atoms with E-state index in [4.69, 9.17) is 19.9 Å². The topological polar surface area (TPSA) is 53.7 Å². The maximum atomic E-state index is 5.78. The van der Waals surface area contributed by atoms with E-state index in [-0.39, 0.29) is 6.10 Å². The molecule has 0 saturated heterocycles. The van der Waals surface area contributed by atoms with E-state index >= 15 is 0 Å². The molecule has 0 saturated carbocycles. The lowest BCUT2D eigenvalue weighted by atomic mass is 10.2. The number of nitrogens with two attached hydrogens (primary N) is 1. The van der Waals surface area contributed by atoms with Gasteiger partial charge in [0.05, 0.1) is 18.9 Å². The predicted octanol–water partition coefficient (Wildman–Crippen LogP) is 2.08. The molecular weight excluding hydrogens is 206 g/mol. The first kappa shape index (κ1) is 12.6. The van der Waals surface area contributed by atoms with Crippen molar-refractivity contribution in [1.82, 2.24) is 0 Å². The zero-order chi connectivity index (χ0) is 12.0. The summed E-state index contributed by atoms with van der Waals surface area (Å²) >= 11 is 0. The molecule has 4 heteroatoms. The summed E-state index contributed by atoms with van der Waals surface area (Å²) in [5, 5.41) is 0. The number of hydrogen-bond acceptors (Lipinski definition) is 4. The number of nitrogen functional groups attached to an aromatic ring is 1. The molecule has 0 radical (unpaired) electrons. The summed E-state index contributed by atoms with van der Waals surface area (Å²) in [5.41, 5.74) is 6.36. The monoisotopic (exact) mass is 225 g/mol. The molecule has 16 heavy (non-hydrogen) atoms. The molecule has 1 aromatic rings. The van der Waals surface area contributed by atoms with Crippen LogP contribution in [0.1, 0.15) is 13.3 Å². The van der Waals surface area contributed by atoms with Gasteiger partial charge in [0.15, 0.2) is 0 Å². The van der Waals surface area contributed by atoms with E-state index in [9.17, 15) is 0 Å². The Morgan fingerprint density at radius 3 is 2.62 bits per heavy atom. The molecule has 0 bridgehead atoms. The van der Waals surface area contributed by atoms with Gasteiger partial charge in [0.1, 0.15) is 11.5 Å². The minimum absolute atomic E-state index is 0.104. The molecule has 0 aliphatic rings. The minimum Gasteiger partial charge on any atom is -0.495 e. The Balaban J connectivity index is 2.57. The van der Waals surface area contributed by atoms with E-state index < -0.39 is 0 Å². The minimum atomic E-state index is 0.104. The van der Waals surface area contributed by atoms with Crippen molar-refractivity contribution in [1.29, 1.82) is 0 Å². The number of anilines is 1. The third-order valence-corrected chi connectivity index (χ3v) is 2.27. The molecule has 0 fully saturated rings. The van der Waals surface area contributed by atoms with Crippen molar-refractivity contribution in [2.24, 2.45) is 0 Å². The van der Waals surface area contributed by atoms with Crippen LogP contribution in [0.5, 0.6) is 11.5 Å². The molecule has 1 rings (SSSR count). The Bertz CT molecular complexity index is 328. The molecule has 0 spiro atoms. The van der Waals surface area contributed by atoms with Crippen LogP contribution in [0.2, 0.25) is 0 Å². The number of benzene rings is 1. The molecule has 90 valence electrons. The van der Waals surface area contributed by atoms with Crippen molar-refractivity contribution in [3.63, 3.8) is 0 Å². The largest absolute Gasteiger partial charge is 0.495 e. The predicted molar refractivity (Wildman–Crippen MR) is 64.0 cm³/mol. The molecule has 1 atom stereocenters. The fourth-order valence-electron chi connectivity index (χ4n) is 1.36. The third kappa shape index (κ3) is 3.62. The highest BCUT2D eigenvalue weighted by Gasteiger charge is 2.06. The van der Waals surface area contributed by atoms with Gasteiger partial charge in [-0.05, 0) is 19.1 Å². The maximum Gasteiger partial charge on any atom is 0.142 e. The lowest BCUT2D eigenvalue weighted by molar-refractivity contribution is 0.135. The van der Waals surface area contributed by atoms with Gasteiger partial charge in [-0.2, -0.15) is 0 Å². The molecule has 1 aromatic carbocycles. The molecule has 0 amide bonds. The molecule has 0 aromatic heterocycles. The highest BCUT2D eigenvalue weighted by molar-refractivity contribution is 5.56. The van der Waals surface area contributed by atoms with E-state index in [1.807, 2.05) is 13.0 Å².